The van der Waals surface area contributed by atoms with Gasteiger partial charge >= 0.3 is 0 Å². The zero-order valence-electron chi connectivity index (χ0n) is 21.9. The normalized spacial score (nSPS) is 11.1. The van der Waals surface area contributed by atoms with E-state index in [2.05, 4.69) is 12.2 Å². The molecule has 6 heteroatoms. The van der Waals surface area contributed by atoms with Crippen molar-refractivity contribution in [1.82, 2.24) is 5.32 Å². The van der Waals surface area contributed by atoms with Gasteiger partial charge in [-0.3, -0.25) is 9.59 Å². The van der Waals surface area contributed by atoms with Crippen LogP contribution >= 0.6 is 0 Å². The molecule has 0 aliphatic carbocycles. The SMILES string of the molecule is CCCCN(C(=O)C(=Cc1ccc(O)c(OCc2ccccc2)c1)NC(=O)c1ccccc1)c1ccccc1. The number of phenols is 1. The number of hydrogen-bond acceptors (Lipinski definition) is 4. The average molecular weight is 521 g/mol. The van der Waals surface area contributed by atoms with Gasteiger partial charge in [-0.1, -0.05) is 86.1 Å². The molecule has 4 aromatic carbocycles. The van der Waals surface area contributed by atoms with Gasteiger partial charge in [-0.05, 0) is 60.0 Å². The smallest absolute Gasteiger partial charge is 0.274 e. The van der Waals surface area contributed by atoms with E-state index in [4.69, 9.17) is 4.74 Å². The number of phenolic OH excluding ortho intramolecular Hbond substituents is 1. The zero-order chi connectivity index (χ0) is 27.5. The van der Waals surface area contributed by atoms with Crippen molar-refractivity contribution in [1.29, 1.82) is 0 Å². The Morgan fingerprint density at radius 2 is 1.51 bits per heavy atom. The maximum atomic E-state index is 13.9. The number of unbranched alkanes of at least 4 members (excludes halogenated alkanes) is 1. The lowest BCUT2D eigenvalue weighted by Crippen LogP contribution is -2.39. The van der Waals surface area contributed by atoms with Crippen molar-refractivity contribution >= 4 is 23.6 Å². The van der Waals surface area contributed by atoms with Crippen LogP contribution in [-0.2, 0) is 11.4 Å². The van der Waals surface area contributed by atoms with E-state index in [0.717, 1.165) is 24.1 Å². The van der Waals surface area contributed by atoms with E-state index < -0.39 is 5.91 Å². The highest BCUT2D eigenvalue weighted by molar-refractivity contribution is 6.11. The molecule has 0 aliphatic heterocycles. The summed E-state index contributed by atoms with van der Waals surface area (Å²) in [5.74, 6) is -0.463. The molecule has 6 nitrogen and oxygen atoms in total. The Morgan fingerprint density at radius 1 is 0.872 bits per heavy atom. The summed E-state index contributed by atoms with van der Waals surface area (Å²) in [6.07, 6.45) is 3.32. The molecular formula is C33H32N2O4. The minimum absolute atomic E-state index is 0.0156. The van der Waals surface area contributed by atoms with Gasteiger partial charge in [0.1, 0.15) is 12.3 Å². The van der Waals surface area contributed by atoms with Crippen LogP contribution in [0.3, 0.4) is 0 Å². The zero-order valence-corrected chi connectivity index (χ0v) is 21.9. The van der Waals surface area contributed by atoms with Gasteiger partial charge in [0, 0.05) is 17.8 Å². The summed E-state index contributed by atoms with van der Waals surface area (Å²) in [6, 6.07) is 32.6. The van der Waals surface area contributed by atoms with Crippen LogP contribution in [-0.4, -0.2) is 23.5 Å². The minimum Gasteiger partial charge on any atom is -0.504 e. The highest BCUT2D eigenvalue weighted by Gasteiger charge is 2.22. The molecule has 0 aliphatic rings. The number of para-hydroxylation sites is 1. The number of hydrogen-bond donors (Lipinski definition) is 2. The third-order valence-corrected chi connectivity index (χ3v) is 6.09. The Bertz CT molecular complexity index is 1400. The molecule has 4 rings (SSSR count). The number of carbonyl (C=O) groups is 2. The number of anilines is 1. The number of ether oxygens (including phenoxy) is 1. The predicted molar refractivity (Wildman–Crippen MR) is 154 cm³/mol. The minimum atomic E-state index is -0.391. The summed E-state index contributed by atoms with van der Waals surface area (Å²) in [6.45, 7) is 2.84. The van der Waals surface area contributed by atoms with Gasteiger partial charge in [-0.25, -0.2) is 0 Å². The van der Waals surface area contributed by atoms with E-state index in [1.54, 1.807) is 47.4 Å². The second-order valence-corrected chi connectivity index (χ2v) is 9.03. The fourth-order valence-corrected chi connectivity index (χ4v) is 3.99. The topological polar surface area (TPSA) is 78.9 Å². The number of nitrogens with one attached hydrogen (secondary N) is 1. The van der Waals surface area contributed by atoms with Crippen molar-refractivity contribution in [2.75, 3.05) is 11.4 Å². The van der Waals surface area contributed by atoms with Crippen molar-refractivity contribution < 1.29 is 19.4 Å². The largest absolute Gasteiger partial charge is 0.504 e. The van der Waals surface area contributed by atoms with Crippen LogP contribution in [0.15, 0.2) is 115 Å². The van der Waals surface area contributed by atoms with Gasteiger partial charge in [-0.2, -0.15) is 0 Å². The van der Waals surface area contributed by atoms with E-state index in [1.165, 1.54) is 6.07 Å². The van der Waals surface area contributed by atoms with Crippen LogP contribution in [0.1, 0.15) is 41.3 Å². The second kappa shape index (κ2) is 13.6. The molecule has 0 saturated carbocycles. The van der Waals surface area contributed by atoms with Crippen LogP contribution < -0.4 is 15.0 Å². The Labute approximate surface area is 229 Å². The van der Waals surface area contributed by atoms with Gasteiger partial charge < -0.3 is 20.1 Å². The third kappa shape index (κ3) is 7.58. The van der Waals surface area contributed by atoms with Crippen molar-refractivity contribution in [3.63, 3.8) is 0 Å². The lowest BCUT2D eigenvalue weighted by molar-refractivity contribution is -0.115. The van der Waals surface area contributed by atoms with Crippen molar-refractivity contribution in [3.8, 4) is 11.5 Å². The van der Waals surface area contributed by atoms with Crippen molar-refractivity contribution in [3.05, 3.63) is 132 Å². The number of aromatic hydroxyl groups is 1. The lowest BCUT2D eigenvalue weighted by Gasteiger charge is -2.24. The van der Waals surface area contributed by atoms with Crippen LogP contribution in [0.2, 0.25) is 0 Å². The number of amides is 2. The summed E-state index contributed by atoms with van der Waals surface area (Å²) >= 11 is 0. The van der Waals surface area contributed by atoms with Gasteiger partial charge in [0.15, 0.2) is 11.5 Å². The van der Waals surface area contributed by atoms with Crippen LogP contribution in [0.5, 0.6) is 11.5 Å². The molecule has 0 bridgehead atoms. The maximum absolute atomic E-state index is 13.9. The van der Waals surface area contributed by atoms with E-state index in [9.17, 15) is 14.7 Å². The predicted octanol–water partition coefficient (Wildman–Crippen LogP) is 6.58. The Kier molecular flexibility index (Phi) is 9.51. The third-order valence-electron chi connectivity index (χ3n) is 6.09. The molecule has 0 heterocycles. The van der Waals surface area contributed by atoms with E-state index >= 15 is 0 Å². The molecule has 198 valence electrons. The van der Waals surface area contributed by atoms with Gasteiger partial charge in [0.25, 0.3) is 11.8 Å². The molecule has 0 spiro atoms. The van der Waals surface area contributed by atoms with Crippen molar-refractivity contribution in [2.45, 2.75) is 26.4 Å². The average Bonchev–Trinajstić information content (AvgIpc) is 2.98. The van der Waals surface area contributed by atoms with Gasteiger partial charge in [0.2, 0.25) is 0 Å². The summed E-state index contributed by atoms with van der Waals surface area (Å²) in [4.78, 5) is 28.7. The van der Waals surface area contributed by atoms with Crippen LogP contribution in [0.25, 0.3) is 6.08 Å². The summed E-state index contributed by atoms with van der Waals surface area (Å²) in [7, 11) is 0. The molecule has 2 N–H and O–H groups in total. The molecule has 0 atom stereocenters. The molecule has 0 saturated heterocycles. The highest BCUT2D eigenvalue weighted by atomic mass is 16.5. The first-order valence-corrected chi connectivity index (χ1v) is 13.0. The molecule has 0 radical (unpaired) electrons. The fourth-order valence-electron chi connectivity index (χ4n) is 3.99. The standard InChI is InChI=1S/C33H32N2O4/c1-2-3-21-35(28-17-11-6-12-18-28)33(38)29(34-32(37)27-15-9-5-10-16-27)22-26-19-20-30(36)31(23-26)39-24-25-13-7-4-8-14-25/h4-20,22-23,36H,2-3,21,24H2,1H3,(H,34,37). The molecular weight excluding hydrogens is 488 g/mol. The second-order valence-electron chi connectivity index (χ2n) is 9.03. The molecule has 0 unspecified atom stereocenters. The highest BCUT2D eigenvalue weighted by Crippen LogP contribution is 2.29. The van der Waals surface area contributed by atoms with Gasteiger partial charge in [-0.15, -0.1) is 0 Å². The van der Waals surface area contributed by atoms with Crippen molar-refractivity contribution in [2.24, 2.45) is 0 Å². The number of benzene rings is 4. The van der Waals surface area contributed by atoms with E-state index in [-0.39, 0.29) is 29.7 Å². The summed E-state index contributed by atoms with van der Waals surface area (Å²) in [5.41, 5.74) is 2.85. The monoisotopic (exact) mass is 520 g/mol. The Hall–Kier alpha value is -4.84. The first-order chi connectivity index (χ1) is 19.0. The lowest BCUT2D eigenvalue weighted by atomic mass is 10.1. The first kappa shape index (κ1) is 27.2. The molecule has 2 amide bonds. The number of carbonyl (C=O) groups excluding carboxylic acids is 2. The molecule has 0 aromatic heterocycles. The van der Waals surface area contributed by atoms with Crippen LogP contribution in [0.4, 0.5) is 5.69 Å². The Balaban J connectivity index is 1.68. The number of rotatable bonds is 11. The molecule has 39 heavy (non-hydrogen) atoms. The first-order valence-electron chi connectivity index (χ1n) is 13.0. The number of nitrogens with zero attached hydrogens (tertiary/aromatic N) is 1. The molecule has 0 fully saturated rings. The summed E-state index contributed by atoms with van der Waals surface area (Å²) < 4.78 is 5.86. The van der Waals surface area contributed by atoms with Gasteiger partial charge in [0.05, 0.1) is 0 Å². The fraction of sp³-hybridized carbons (Fsp3) is 0.152. The quantitative estimate of drug-likeness (QED) is 0.219. The van der Waals surface area contributed by atoms with E-state index in [1.807, 2.05) is 66.7 Å². The van der Waals surface area contributed by atoms with E-state index in [0.29, 0.717) is 17.7 Å². The van der Waals surface area contributed by atoms with Crippen LogP contribution in [0, 0.1) is 0 Å². The Morgan fingerprint density at radius 3 is 2.18 bits per heavy atom. The maximum Gasteiger partial charge on any atom is 0.274 e. The molecule has 4 aromatic rings. The summed E-state index contributed by atoms with van der Waals surface area (Å²) in [5, 5.41) is 13.2.